The number of fused-ring (bicyclic) bond motifs is 3. The number of ether oxygens (including phenoxy) is 1. The van der Waals surface area contributed by atoms with Crippen molar-refractivity contribution in [3.05, 3.63) is 41.6 Å². The number of hydrogen-bond acceptors (Lipinski definition) is 4. The Kier molecular flexibility index (Phi) is 7.01. The van der Waals surface area contributed by atoms with Gasteiger partial charge in [-0.25, -0.2) is 9.59 Å². The van der Waals surface area contributed by atoms with Crippen molar-refractivity contribution in [2.75, 3.05) is 20.2 Å². The van der Waals surface area contributed by atoms with Crippen LogP contribution in [0.2, 0.25) is 0 Å². The second-order valence-corrected chi connectivity index (χ2v) is 6.46. The lowest BCUT2D eigenvalue weighted by Gasteiger charge is -2.11. The van der Waals surface area contributed by atoms with Crippen molar-refractivity contribution in [1.82, 2.24) is 9.88 Å². The van der Waals surface area contributed by atoms with Crippen molar-refractivity contribution in [3.63, 3.8) is 0 Å². The molecule has 7 heteroatoms. The molecule has 0 saturated heterocycles. The topological polar surface area (TPSA) is 101 Å². The number of nitrogens with zero attached hydrogens (tertiary/aromatic N) is 1. The quantitative estimate of drug-likeness (QED) is 0.671. The van der Waals surface area contributed by atoms with Gasteiger partial charge in [0.1, 0.15) is 5.75 Å². The molecule has 0 saturated carbocycles. The zero-order valence-electron chi connectivity index (χ0n) is 15.9. The number of aryl methyl sites for hydroxylation is 1. The molecule has 3 rings (SSSR count). The third-order valence-electron chi connectivity index (χ3n) is 4.67. The minimum atomic E-state index is -1.26. The summed E-state index contributed by atoms with van der Waals surface area (Å²) in [5, 5.41) is 20.5. The van der Waals surface area contributed by atoms with Crippen molar-refractivity contribution in [3.8, 4) is 5.75 Å². The van der Waals surface area contributed by atoms with Gasteiger partial charge in [0.05, 0.1) is 7.11 Å². The van der Waals surface area contributed by atoms with Crippen molar-refractivity contribution in [1.29, 1.82) is 0 Å². The average Bonchev–Trinajstić information content (AvgIpc) is 3.17. The molecule has 146 valence electrons. The molecule has 1 aliphatic rings. The number of hydrogen-bond donors (Lipinski definition) is 3. The van der Waals surface area contributed by atoms with Gasteiger partial charge >= 0.3 is 11.9 Å². The third kappa shape index (κ3) is 5.10. The van der Waals surface area contributed by atoms with Crippen LogP contribution < -0.4 is 10.1 Å². The molecule has 7 nitrogen and oxygen atoms in total. The van der Waals surface area contributed by atoms with Gasteiger partial charge in [-0.1, -0.05) is 6.92 Å². The van der Waals surface area contributed by atoms with E-state index in [9.17, 15) is 9.59 Å². The molecule has 1 aliphatic carbocycles. The standard InChI is InChI=1S/C16H22N2O.C4H4O4/c1-4-17-10-11-7-13-14-9-12(19-3)5-6-15(14)18(2)16(13)8-11;5-3(6)1-2-4(7)8/h5-6,9,11,17H,4,7-8,10H2,1-3H3;1-2H,(H,5,6)(H,7,8). The molecule has 1 heterocycles. The Labute approximate surface area is 158 Å². The molecule has 0 spiro atoms. The van der Waals surface area contributed by atoms with E-state index in [2.05, 4.69) is 36.0 Å². The predicted octanol–water partition coefficient (Wildman–Crippen LogP) is 2.22. The lowest BCUT2D eigenvalue weighted by atomic mass is 10.0. The molecule has 0 amide bonds. The third-order valence-corrected chi connectivity index (χ3v) is 4.67. The Bertz CT molecular complexity index is 838. The highest BCUT2D eigenvalue weighted by Crippen LogP contribution is 2.36. The molecular weight excluding hydrogens is 348 g/mol. The van der Waals surface area contributed by atoms with E-state index in [4.69, 9.17) is 14.9 Å². The van der Waals surface area contributed by atoms with Crippen LogP contribution in [0.3, 0.4) is 0 Å². The van der Waals surface area contributed by atoms with Crippen molar-refractivity contribution >= 4 is 22.8 Å². The smallest absolute Gasteiger partial charge is 0.328 e. The second-order valence-electron chi connectivity index (χ2n) is 6.46. The molecule has 1 aromatic heterocycles. The summed E-state index contributed by atoms with van der Waals surface area (Å²) < 4.78 is 7.72. The van der Waals surface area contributed by atoms with E-state index < -0.39 is 11.9 Å². The highest BCUT2D eigenvalue weighted by molar-refractivity contribution is 5.89. The van der Waals surface area contributed by atoms with Crippen molar-refractivity contribution in [2.45, 2.75) is 19.8 Å². The highest BCUT2D eigenvalue weighted by atomic mass is 16.5. The Hall–Kier alpha value is -2.80. The largest absolute Gasteiger partial charge is 0.497 e. The van der Waals surface area contributed by atoms with E-state index >= 15 is 0 Å². The number of carbonyl (C=O) groups is 2. The first kappa shape index (κ1) is 20.5. The first-order chi connectivity index (χ1) is 12.9. The zero-order chi connectivity index (χ0) is 20.0. The van der Waals surface area contributed by atoms with Crippen LogP contribution in [-0.4, -0.2) is 46.9 Å². The number of methoxy groups -OCH3 is 1. The van der Waals surface area contributed by atoms with E-state index in [0.717, 1.165) is 24.8 Å². The van der Waals surface area contributed by atoms with E-state index in [1.54, 1.807) is 7.11 Å². The maximum Gasteiger partial charge on any atom is 0.328 e. The fourth-order valence-electron chi connectivity index (χ4n) is 3.44. The molecule has 0 radical (unpaired) electrons. The number of carboxylic acids is 2. The summed E-state index contributed by atoms with van der Waals surface area (Å²) in [6, 6.07) is 6.41. The van der Waals surface area contributed by atoms with Gasteiger partial charge in [0.25, 0.3) is 0 Å². The molecule has 2 aromatic rings. The van der Waals surface area contributed by atoms with Crippen LogP contribution in [0, 0.1) is 5.92 Å². The molecule has 0 aliphatic heterocycles. The van der Waals surface area contributed by atoms with Crippen LogP contribution in [-0.2, 0) is 29.5 Å². The van der Waals surface area contributed by atoms with Crippen LogP contribution >= 0.6 is 0 Å². The molecule has 1 atom stereocenters. The van der Waals surface area contributed by atoms with Crippen LogP contribution in [0.1, 0.15) is 18.2 Å². The molecule has 3 N–H and O–H groups in total. The lowest BCUT2D eigenvalue weighted by molar-refractivity contribution is -0.134. The van der Waals surface area contributed by atoms with Crippen LogP contribution in [0.25, 0.3) is 10.9 Å². The van der Waals surface area contributed by atoms with E-state index in [0.29, 0.717) is 12.2 Å². The monoisotopic (exact) mass is 374 g/mol. The number of aromatic nitrogens is 1. The summed E-state index contributed by atoms with van der Waals surface area (Å²) in [5.41, 5.74) is 4.36. The average molecular weight is 374 g/mol. The summed E-state index contributed by atoms with van der Waals surface area (Å²) in [6.07, 6.45) is 3.49. The minimum Gasteiger partial charge on any atom is -0.497 e. The fourth-order valence-corrected chi connectivity index (χ4v) is 3.44. The summed E-state index contributed by atoms with van der Waals surface area (Å²) >= 11 is 0. The minimum absolute atomic E-state index is 0.558. The maximum atomic E-state index is 9.55. The van der Waals surface area contributed by atoms with Crippen LogP contribution in [0.15, 0.2) is 30.4 Å². The van der Waals surface area contributed by atoms with Gasteiger partial charge in [-0.3, -0.25) is 0 Å². The highest BCUT2D eigenvalue weighted by Gasteiger charge is 2.27. The SMILES string of the molecule is CCNCC1Cc2c(n(C)c3ccc(OC)cc23)C1.O=C(O)C=CC(=O)O. The number of carboxylic acid groups (broad SMARTS) is 2. The Balaban J connectivity index is 0.000000279. The van der Waals surface area contributed by atoms with Crippen LogP contribution in [0.4, 0.5) is 0 Å². The van der Waals surface area contributed by atoms with Gasteiger partial charge in [0, 0.05) is 35.8 Å². The lowest BCUT2D eigenvalue weighted by Crippen LogP contribution is -2.23. The van der Waals surface area contributed by atoms with E-state index in [1.165, 1.54) is 35.0 Å². The van der Waals surface area contributed by atoms with Gasteiger partial charge in [-0.2, -0.15) is 0 Å². The van der Waals surface area contributed by atoms with Gasteiger partial charge in [0.2, 0.25) is 0 Å². The molecule has 0 bridgehead atoms. The first-order valence-electron chi connectivity index (χ1n) is 8.86. The normalized spacial score (nSPS) is 15.4. The summed E-state index contributed by atoms with van der Waals surface area (Å²) in [4.78, 5) is 19.1. The Morgan fingerprint density at radius 1 is 1.26 bits per heavy atom. The molecule has 1 aromatic carbocycles. The van der Waals surface area contributed by atoms with Crippen molar-refractivity contribution in [2.24, 2.45) is 13.0 Å². The van der Waals surface area contributed by atoms with Gasteiger partial charge in [-0.15, -0.1) is 0 Å². The Morgan fingerprint density at radius 2 is 1.93 bits per heavy atom. The summed E-state index contributed by atoms with van der Waals surface area (Å²) in [7, 11) is 3.92. The first-order valence-corrected chi connectivity index (χ1v) is 8.86. The summed E-state index contributed by atoms with van der Waals surface area (Å²) in [6.45, 7) is 4.35. The van der Waals surface area contributed by atoms with E-state index in [1.807, 2.05) is 6.07 Å². The molecular formula is C20H26N2O5. The molecule has 27 heavy (non-hydrogen) atoms. The number of benzene rings is 1. The van der Waals surface area contributed by atoms with Gasteiger partial charge in [-0.05, 0) is 55.6 Å². The van der Waals surface area contributed by atoms with Gasteiger partial charge < -0.3 is 24.8 Å². The second kappa shape index (κ2) is 9.23. The fraction of sp³-hybridized carbons (Fsp3) is 0.400. The predicted molar refractivity (Wildman–Crippen MR) is 103 cm³/mol. The molecule has 0 fully saturated rings. The van der Waals surface area contributed by atoms with Crippen molar-refractivity contribution < 1.29 is 24.5 Å². The summed E-state index contributed by atoms with van der Waals surface area (Å²) in [5.74, 6) is -0.817. The number of rotatable bonds is 6. The number of aliphatic carboxylic acids is 2. The number of nitrogens with one attached hydrogen (secondary N) is 1. The van der Waals surface area contributed by atoms with E-state index in [-0.39, 0.29) is 0 Å². The maximum absolute atomic E-state index is 9.55. The molecule has 1 unspecified atom stereocenters. The Morgan fingerprint density at radius 3 is 2.48 bits per heavy atom. The zero-order valence-corrected chi connectivity index (χ0v) is 15.9. The van der Waals surface area contributed by atoms with Gasteiger partial charge in [0.15, 0.2) is 0 Å². The van der Waals surface area contributed by atoms with Crippen LogP contribution in [0.5, 0.6) is 5.75 Å².